The van der Waals surface area contributed by atoms with Gasteiger partial charge in [-0.25, -0.2) is 0 Å². The number of rotatable bonds is 7. The summed E-state index contributed by atoms with van der Waals surface area (Å²) >= 11 is 0. The molecule has 26 heavy (non-hydrogen) atoms. The van der Waals surface area contributed by atoms with E-state index < -0.39 is 0 Å². The van der Waals surface area contributed by atoms with Crippen molar-refractivity contribution in [2.24, 2.45) is 0 Å². The van der Waals surface area contributed by atoms with Crippen molar-refractivity contribution in [3.05, 3.63) is 54.1 Å². The van der Waals surface area contributed by atoms with Crippen LogP contribution in [0.4, 0.5) is 11.4 Å². The lowest BCUT2D eigenvalue weighted by molar-refractivity contribution is -0.121. The van der Waals surface area contributed by atoms with Crippen molar-refractivity contribution < 1.29 is 14.3 Å². The van der Waals surface area contributed by atoms with Crippen LogP contribution in [0.5, 0.6) is 5.75 Å². The largest absolute Gasteiger partial charge is 0.482 e. The van der Waals surface area contributed by atoms with Gasteiger partial charge in [-0.2, -0.15) is 0 Å². The monoisotopic (exact) mass is 352 g/mol. The number of amides is 2. The molecule has 5 heteroatoms. The SMILES string of the molecule is CCCCC(=O)Nc1ccc2c(c1)N(CCc1ccccc1)C(=O)CO2. The zero-order chi connectivity index (χ0) is 18.4. The summed E-state index contributed by atoms with van der Waals surface area (Å²) in [6, 6.07) is 15.5. The van der Waals surface area contributed by atoms with E-state index >= 15 is 0 Å². The van der Waals surface area contributed by atoms with E-state index in [1.807, 2.05) is 36.4 Å². The number of benzene rings is 2. The number of fused-ring (bicyclic) bond motifs is 1. The van der Waals surface area contributed by atoms with Crippen LogP contribution in [0.1, 0.15) is 31.7 Å². The Hall–Kier alpha value is -2.82. The number of hydrogen-bond acceptors (Lipinski definition) is 3. The zero-order valence-electron chi connectivity index (χ0n) is 15.0. The summed E-state index contributed by atoms with van der Waals surface area (Å²) in [6.45, 7) is 2.68. The van der Waals surface area contributed by atoms with Crippen LogP contribution in [0, 0.1) is 0 Å². The van der Waals surface area contributed by atoms with Crippen LogP contribution in [0.15, 0.2) is 48.5 Å². The molecule has 1 aliphatic rings. The van der Waals surface area contributed by atoms with Crippen LogP contribution >= 0.6 is 0 Å². The highest BCUT2D eigenvalue weighted by molar-refractivity contribution is 5.99. The van der Waals surface area contributed by atoms with Crippen molar-refractivity contribution in [3.63, 3.8) is 0 Å². The third-order valence-corrected chi connectivity index (χ3v) is 4.41. The summed E-state index contributed by atoms with van der Waals surface area (Å²) in [6.07, 6.45) is 3.11. The second kappa shape index (κ2) is 8.52. The summed E-state index contributed by atoms with van der Waals surface area (Å²) in [5, 5.41) is 2.90. The van der Waals surface area contributed by atoms with E-state index in [1.165, 1.54) is 5.56 Å². The van der Waals surface area contributed by atoms with Gasteiger partial charge in [0, 0.05) is 18.7 Å². The number of carbonyl (C=O) groups is 2. The first-order chi connectivity index (χ1) is 12.7. The predicted octanol–water partition coefficient (Wildman–Crippen LogP) is 3.78. The third-order valence-electron chi connectivity index (χ3n) is 4.41. The van der Waals surface area contributed by atoms with Gasteiger partial charge in [0.2, 0.25) is 5.91 Å². The molecule has 2 aromatic rings. The van der Waals surface area contributed by atoms with Crippen molar-refractivity contribution in [2.45, 2.75) is 32.6 Å². The average Bonchev–Trinajstić information content (AvgIpc) is 2.66. The lowest BCUT2D eigenvalue weighted by Crippen LogP contribution is -2.40. The Morgan fingerprint density at radius 2 is 2.00 bits per heavy atom. The van der Waals surface area contributed by atoms with Gasteiger partial charge < -0.3 is 15.0 Å². The summed E-state index contributed by atoms with van der Waals surface area (Å²) in [5.74, 6) is 0.595. The standard InChI is InChI=1S/C21H24N2O3/c1-2-3-9-20(24)22-17-10-11-19-18(14-17)23(21(25)15-26-19)13-12-16-7-5-4-6-8-16/h4-8,10-11,14H,2-3,9,12-13,15H2,1H3,(H,22,24). The predicted molar refractivity (Wildman–Crippen MR) is 103 cm³/mol. The summed E-state index contributed by atoms with van der Waals surface area (Å²) < 4.78 is 5.54. The summed E-state index contributed by atoms with van der Waals surface area (Å²) in [7, 11) is 0. The molecule has 1 N–H and O–H groups in total. The van der Waals surface area contributed by atoms with Crippen LogP contribution < -0.4 is 15.0 Å². The molecule has 0 aromatic heterocycles. The van der Waals surface area contributed by atoms with Crippen LogP contribution in [0.3, 0.4) is 0 Å². The number of unbranched alkanes of at least 4 members (excludes halogenated alkanes) is 1. The Morgan fingerprint density at radius 3 is 2.77 bits per heavy atom. The van der Waals surface area contributed by atoms with E-state index in [0.717, 1.165) is 19.3 Å². The second-order valence-corrected chi connectivity index (χ2v) is 6.40. The minimum Gasteiger partial charge on any atom is -0.482 e. The Balaban J connectivity index is 1.74. The summed E-state index contributed by atoms with van der Waals surface area (Å²) in [5.41, 5.74) is 2.58. The van der Waals surface area contributed by atoms with Crippen LogP contribution in [0.2, 0.25) is 0 Å². The Bertz CT molecular complexity index is 774. The lowest BCUT2D eigenvalue weighted by atomic mass is 10.1. The van der Waals surface area contributed by atoms with Crippen molar-refractivity contribution in [2.75, 3.05) is 23.4 Å². The highest BCUT2D eigenvalue weighted by Gasteiger charge is 2.25. The second-order valence-electron chi connectivity index (χ2n) is 6.40. The molecule has 1 aliphatic heterocycles. The van der Waals surface area contributed by atoms with Crippen LogP contribution in [-0.2, 0) is 16.0 Å². The van der Waals surface area contributed by atoms with E-state index in [0.29, 0.717) is 30.1 Å². The molecule has 0 fully saturated rings. The van der Waals surface area contributed by atoms with E-state index in [1.54, 1.807) is 4.90 Å². The van der Waals surface area contributed by atoms with Crippen LogP contribution in [-0.4, -0.2) is 25.0 Å². The highest BCUT2D eigenvalue weighted by Crippen LogP contribution is 2.34. The molecule has 1 heterocycles. The van der Waals surface area contributed by atoms with E-state index in [2.05, 4.69) is 24.4 Å². The minimum absolute atomic E-state index is 0.00862. The molecule has 2 amide bonds. The number of carbonyl (C=O) groups excluding carboxylic acids is 2. The Morgan fingerprint density at radius 1 is 1.19 bits per heavy atom. The fraction of sp³-hybridized carbons (Fsp3) is 0.333. The Kier molecular flexibility index (Phi) is 5.89. The van der Waals surface area contributed by atoms with Crippen molar-refractivity contribution in [1.29, 1.82) is 0 Å². The van der Waals surface area contributed by atoms with Gasteiger partial charge in [0.1, 0.15) is 5.75 Å². The maximum absolute atomic E-state index is 12.4. The first-order valence-electron chi connectivity index (χ1n) is 9.08. The average molecular weight is 352 g/mol. The molecule has 0 radical (unpaired) electrons. The lowest BCUT2D eigenvalue weighted by Gasteiger charge is -2.30. The molecule has 3 rings (SSSR count). The van der Waals surface area contributed by atoms with Gasteiger partial charge >= 0.3 is 0 Å². The van der Waals surface area contributed by atoms with Gasteiger partial charge in [0.15, 0.2) is 6.61 Å². The normalized spacial score (nSPS) is 13.1. The quantitative estimate of drug-likeness (QED) is 0.825. The molecule has 0 saturated carbocycles. The van der Waals surface area contributed by atoms with Crippen molar-refractivity contribution in [1.82, 2.24) is 0 Å². The molecule has 0 spiro atoms. The minimum atomic E-state index is -0.0668. The molecule has 0 saturated heterocycles. The van der Waals surface area contributed by atoms with Crippen molar-refractivity contribution in [3.8, 4) is 5.75 Å². The van der Waals surface area contributed by atoms with Gasteiger partial charge in [0.25, 0.3) is 5.91 Å². The molecule has 5 nitrogen and oxygen atoms in total. The number of anilines is 2. The molecule has 136 valence electrons. The van der Waals surface area contributed by atoms with E-state index in [-0.39, 0.29) is 18.4 Å². The maximum Gasteiger partial charge on any atom is 0.265 e. The third kappa shape index (κ3) is 4.42. The first kappa shape index (κ1) is 18.0. The highest BCUT2D eigenvalue weighted by atomic mass is 16.5. The van der Waals surface area contributed by atoms with E-state index in [9.17, 15) is 9.59 Å². The molecule has 2 aromatic carbocycles. The maximum atomic E-state index is 12.4. The topological polar surface area (TPSA) is 58.6 Å². The molecular weight excluding hydrogens is 328 g/mol. The number of ether oxygens (including phenoxy) is 1. The molecule has 0 aliphatic carbocycles. The van der Waals surface area contributed by atoms with Gasteiger partial charge in [0.05, 0.1) is 5.69 Å². The molecule has 0 bridgehead atoms. The smallest absolute Gasteiger partial charge is 0.265 e. The van der Waals surface area contributed by atoms with Crippen LogP contribution in [0.25, 0.3) is 0 Å². The molecule has 0 atom stereocenters. The van der Waals surface area contributed by atoms with Gasteiger partial charge in [-0.05, 0) is 36.6 Å². The van der Waals surface area contributed by atoms with Gasteiger partial charge in [-0.3, -0.25) is 9.59 Å². The number of nitrogens with zero attached hydrogens (tertiary/aromatic N) is 1. The molecule has 0 unspecified atom stereocenters. The fourth-order valence-corrected chi connectivity index (χ4v) is 2.97. The van der Waals surface area contributed by atoms with Gasteiger partial charge in [-0.1, -0.05) is 43.7 Å². The molecular formula is C21H24N2O3. The van der Waals surface area contributed by atoms with Crippen molar-refractivity contribution >= 4 is 23.2 Å². The number of hydrogen-bond donors (Lipinski definition) is 1. The zero-order valence-corrected chi connectivity index (χ0v) is 15.0. The fourth-order valence-electron chi connectivity index (χ4n) is 2.97. The van der Waals surface area contributed by atoms with Gasteiger partial charge in [-0.15, -0.1) is 0 Å². The number of nitrogens with one attached hydrogen (secondary N) is 1. The summed E-state index contributed by atoms with van der Waals surface area (Å²) in [4.78, 5) is 26.1. The van der Waals surface area contributed by atoms with E-state index in [4.69, 9.17) is 4.74 Å². The Labute approximate surface area is 154 Å². The first-order valence-corrected chi connectivity index (χ1v) is 9.08.